The maximum absolute atomic E-state index is 13.4. The first-order valence-electron chi connectivity index (χ1n) is 10.4. The van der Waals surface area contributed by atoms with Crippen LogP contribution in [0.25, 0.3) is 0 Å². The fraction of sp³-hybridized carbons (Fsp3) is 0.360. The molecule has 0 saturated carbocycles. The predicted molar refractivity (Wildman–Crippen MR) is 115 cm³/mol. The van der Waals surface area contributed by atoms with Gasteiger partial charge in [-0.2, -0.15) is 0 Å². The summed E-state index contributed by atoms with van der Waals surface area (Å²) in [6.45, 7) is 5.52. The number of aliphatic imine (C=N–C) groups is 1. The third-order valence-corrected chi connectivity index (χ3v) is 5.83. The Balaban J connectivity index is 1.78. The number of carbonyl (C=O) groups is 2. The number of rotatable bonds is 4. The van der Waals surface area contributed by atoms with Gasteiger partial charge in [-0.15, -0.1) is 0 Å². The Morgan fingerprint density at radius 3 is 2.40 bits per heavy atom. The molecule has 0 saturated heterocycles. The molecule has 154 valence electrons. The molecular weight excluding hydrogens is 376 g/mol. The monoisotopic (exact) mass is 402 g/mol. The molecule has 2 heterocycles. The van der Waals surface area contributed by atoms with E-state index in [9.17, 15) is 9.59 Å². The Kier molecular flexibility index (Phi) is 5.62. The molecule has 0 spiro atoms. The zero-order valence-corrected chi connectivity index (χ0v) is 17.5. The molecule has 2 aromatic rings. The summed E-state index contributed by atoms with van der Waals surface area (Å²) in [6, 6.07) is 13.8. The van der Waals surface area contributed by atoms with E-state index in [0.717, 1.165) is 16.8 Å². The summed E-state index contributed by atoms with van der Waals surface area (Å²) in [5.41, 5.74) is 4.19. The number of nitrogens with zero attached hydrogens (tertiary/aromatic N) is 2. The van der Waals surface area contributed by atoms with Crippen LogP contribution in [-0.2, 0) is 14.3 Å². The maximum Gasteiger partial charge on any atom is 0.315 e. The minimum atomic E-state index is -0.606. The second kappa shape index (κ2) is 8.34. The molecule has 4 rings (SSSR count). The largest absolute Gasteiger partial charge is 0.462 e. The highest BCUT2D eigenvalue weighted by Gasteiger charge is 2.44. The minimum absolute atomic E-state index is 0.0607. The van der Waals surface area contributed by atoms with Gasteiger partial charge in [0.2, 0.25) is 0 Å². The average molecular weight is 402 g/mol. The number of ketones is 1. The van der Waals surface area contributed by atoms with Gasteiger partial charge in [0.15, 0.2) is 5.78 Å². The van der Waals surface area contributed by atoms with E-state index in [4.69, 9.17) is 9.73 Å². The van der Waals surface area contributed by atoms with Gasteiger partial charge in [0.1, 0.15) is 5.92 Å². The summed E-state index contributed by atoms with van der Waals surface area (Å²) in [7, 11) is 0. The first-order valence-corrected chi connectivity index (χ1v) is 10.4. The molecule has 1 unspecified atom stereocenters. The highest BCUT2D eigenvalue weighted by Crippen LogP contribution is 2.46. The first kappa shape index (κ1) is 20.2. The molecule has 0 radical (unpaired) electrons. The van der Waals surface area contributed by atoms with Gasteiger partial charge in [-0.05, 0) is 56.4 Å². The lowest BCUT2D eigenvalue weighted by atomic mass is 9.69. The van der Waals surface area contributed by atoms with Gasteiger partial charge < -0.3 is 4.74 Å². The van der Waals surface area contributed by atoms with Gasteiger partial charge in [-0.1, -0.05) is 30.3 Å². The Labute approximate surface area is 176 Å². The zero-order chi connectivity index (χ0) is 21.3. The molecule has 5 nitrogen and oxygen atoms in total. The average Bonchev–Trinajstić information content (AvgIpc) is 2.73. The molecule has 5 heteroatoms. The van der Waals surface area contributed by atoms with Crippen molar-refractivity contribution in [3.8, 4) is 0 Å². The lowest BCUT2D eigenvalue weighted by molar-refractivity contribution is -0.150. The highest BCUT2D eigenvalue weighted by molar-refractivity contribution is 6.09. The molecular formula is C25H26N2O3. The number of hydrogen-bond acceptors (Lipinski definition) is 5. The van der Waals surface area contributed by atoms with Crippen molar-refractivity contribution in [3.63, 3.8) is 0 Å². The number of benzene rings is 1. The maximum atomic E-state index is 13.4. The minimum Gasteiger partial charge on any atom is -0.462 e. The van der Waals surface area contributed by atoms with Crippen molar-refractivity contribution in [1.82, 2.24) is 4.98 Å². The van der Waals surface area contributed by atoms with E-state index in [1.807, 2.05) is 51.1 Å². The zero-order valence-electron chi connectivity index (χ0n) is 17.5. The van der Waals surface area contributed by atoms with E-state index in [1.54, 1.807) is 12.4 Å². The van der Waals surface area contributed by atoms with Gasteiger partial charge >= 0.3 is 5.97 Å². The molecule has 0 amide bonds. The number of ether oxygens (including phenoxy) is 1. The fourth-order valence-electron chi connectivity index (χ4n) is 4.56. The van der Waals surface area contributed by atoms with E-state index in [1.165, 1.54) is 0 Å². The molecule has 1 aromatic heterocycles. The van der Waals surface area contributed by atoms with Crippen LogP contribution in [0, 0.1) is 5.92 Å². The summed E-state index contributed by atoms with van der Waals surface area (Å²) >= 11 is 0. The predicted octanol–water partition coefficient (Wildman–Crippen LogP) is 4.61. The third-order valence-electron chi connectivity index (χ3n) is 5.83. The molecule has 1 aromatic carbocycles. The smallest absolute Gasteiger partial charge is 0.315 e. The normalized spacial score (nSPS) is 23.8. The molecule has 0 N–H and O–H groups in total. The van der Waals surface area contributed by atoms with Crippen LogP contribution < -0.4 is 0 Å². The Morgan fingerprint density at radius 1 is 1.03 bits per heavy atom. The summed E-state index contributed by atoms with van der Waals surface area (Å²) in [5, 5.41) is 0. The van der Waals surface area contributed by atoms with Crippen molar-refractivity contribution in [3.05, 3.63) is 77.3 Å². The molecule has 1 aliphatic carbocycles. The summed E-state index contributed by atoms with van der Waals surface area (Å²) in [4.78, 5) is 35.3. The lowest BCUT2D eigenvalue weighted by Crippen LogP contribution is -2.38. The van der Waals surface area contributed by atoms with Gasteiger partial charge in [-0.3, -0.25) is 19.6 Å². The molecule has 0 fully saturated rings. The fourth-order valence-corrected chi connectivity index (χ4v) is 4.56. The van der Waals surface area contributed by atoms with Crippen LogP contribution in [0.3, 0.4) is 0 Å². The standard InChI is InChI=1S/C25H26N2O3/c1-15(2)30-25(29)22-16(3)27-20-13-19(17-7-5-4-6-8-17)14-21(28)24(20)23(22)18-9-11-26-12-10-18/h4-12,15,19,22-23H,13-14H2,1-3H3/t19-,22?,23-/m1/s1. The number of pyridine rings is 1. The van der Waals surface area contributed by atoms with E-state index in [2.05, 4.69) is 17.1 Å². The van der Waals surface area contributed by atoms with E-state index in [0.29, 0.717) is 24.1 Å². The number of Topliss-reactive ketones (excluding diaryl/α,β-unsaturated/α-hetero) is 1. The number of esters is 1. The number of allylic oxidation sites excluding steroid dienone is 2. The van der Waals surface area contributed by atoms with Crippen LogP contribution in [0.1, 0.15) is 56.6 Å². The molecule has 0 bridgehead atoms. The molecule has 30 heavy (non-hydrogen) atoms. The molecule has 1 aliphatic heterocycles. The van der Waals surface area contributed by atoms with Crippen molar-refractivity contribution in [2.24, 2.45) is 10.9 Å². The third kappa shape index (κ3) is 3.84. The topological polar surface area (TPSA) is 68.6 Å². The van der Waals surface area contributed by atoms with Crippen LogP contribution in [0.2, 0.25) is 0 Å². The van der Waals surface area contributed by atoms with Gasteiger partial charge in [0.05, 0.1) is 6.10 Å². The number of hydrogen-bond donors (Lipinski definition) is 0. The molecule has 3 atom stereocenters. The Hall–Kier alpha value is -3.08. The van der Waals surface area contributed by atoms with Crippen molar-refractivity contribution < 1.29 is 14.3 Å². The Bertz CT molecular complexity index is 1010. The highest BCUT2D eigenvalue weighted by atomic mass is 16.5. The van der Waals surface area contributed by atoms with Gasteiger partial charge in [0.25, 0.3) is 0 Å². The van der Waals surface area contributed by atoms with Crippen molar-refractivity contribution in [1.29, 1.82) is 0 Å². The number of aromatic nitrogens is 1. The van der Waals surface area contributed by atoms with Crippen LogP contribution >= 0.6 is 0 Å². The summed E-state index contributed by atoms with van der Waals surface area (Å²) in [5.74, 6) is -1.17. The number of carbonyl (C=O) groups excluding carboxylic acids is 2. The van der Waals surface area contributed by atoms with Crippen LogP contribution in [0.15, 0.2) is 71.1 Å². The van der Waals surface area contributed by atoms with Crippen LogP contribution in [0.4, 0.5) is 0 Å². The van der Waals surface area contributed by atoms with Crippen molar-refractivity contribution >= 4 is 17.5 Å². The summed E-state index contributed by atoms with van der Waals surface area (Å²) in [6.07, 6.45) is 4.27. The van der Waals surface area contributed by atoms with Crippen LogP contribution in [-0.4, -0.2) is 28.6 Å². The van der Waals surface area contributed by atoms with E-state index >= 15 is 0 Å². The van der Waals surface area contributed by atoms with Crippen LogP contribution in [0.5, 0.6) is 0 Å². The molecule has 2 aliphatic rings. The van der Waals surface area contributed by atoms with E-state index in [-0.39, 0.29) is 23.8 Å². The second-order valence-corrected chi connectivity index (χ2v) is 8.27. The van der Waals surface area contributed by atoms with Gasteiger partial charge in [0, 0.05) is 41.7 Å². The lowest BCUT2D eigenvalue weighted by Gasteiger charge is -2.36. The van der Waals surface area contributed by atoms with Gasteiger partial charge in [-0.25, -0.2) is 0 Å². The van der Waals surface area contributed by atoms with Crippen molar-refractivity contribution in [2.75, 3.05) is 0 Å². The quantitative estimate of drug-likeness (QED) is 0.701. The first-order chi connectivity index (χ1) is 14.5. The van der Waals surface area contributed by atoms with E-state index < -0.39 is 11.8 Å². The van der Waals surface area contributed by atoms with Crippen molar-refractivity contribution in [2.45, 2.75) is 51.6 Å². The SMILES string of the molecule is CC1=NC2=C(C(=O)C[C@H](c3ccccc3)C2)[C@H](c2ccncc2)C1C(=O)OC(C)C. The second-order valence-electron chi connectivity index (χ2n) is 8.27. The summed E-state index contributed by atoms with van der Waals surface area (Å²) < 4.78 is 5.55. The Morgan fingerprint density at radius 2 is 1.73 bits per heavy atom.